The highest BCUT2D eigenvalue weighted by Gasteiger charge is 2.17. The number of nitrogens with zero attached hydrogens (tertiary/aromatic N) is 2. The van der Waals surface area contributed by atoms with Gasteiger partial charge in [-0.2, -0.15) is 0 Å². The molecule has 2 aromatic rings. The standard InChI is InChI=1S/C19H21N3O5/c1-21(2)16-9-7-14(8-10-16)12-20-18(23)13-27-19(24)11-15-5-3-4-6-17(15)22(25)26/h3-10H,11-13H2,1-2H3,(H,20,23). The number of carbonyl (C=O) groups excluding carboxylic acids is 2. The van der Waals surface area contributed by atoms with Gasteiger partial charge in [-0.3, -0.25) is 19.7 Å². The minimum absolute atomic E-state index is 0.153. The summed E-state index contributed by atoms with van der Waals surface area (Å²) in [7, 11) is 3.88. The first kappa shape index (κ1) is 19.9. The molecule has 0 unspecified atom stereocenters. The molecular weight excluding hydrogens is 350 g/mol. The maximum Gasteiger partial charge on any atom is 0.311 e. The van der Waals surface area contributed by atoms with Gasteiger partial charge in [-0.25, -0.2) is 0 Å². The van der Waals surface area contributed by atoms with Crippen LogP contribution in [-0.2, 0) is 27.3 Å². The fourth-order valence-electron chi connectivity index (χ4n) is 2.35. The van der Waals surface area contributed by atoms with E-state index < -0.39 is 23.4 Å². The van der Waals surface area contributed by atoms with Crippen LogP contribution in [0.2, 0.25) is 0 Å². The van der Waals surface area contributed by atoms with Crippen molar-refractivity contribution in [3.63, 3.8) is 0 Å². The maximum absolute atomic E-state index is 11.8. The van der Waals surface area contributed by atoms with E-state index in [1.54, 1.807) is 6.07 Å². The Balaban J connectivity index is 1.78. The summed E-state index contributed by atoms with van der Waals surface area (Å²) in [6.07, 6.45) is -0.267. The molecule has 0 aromatic heterocycles. The van der Waals surface area contributed by atoms with Gasteiger partial charge in [0.25, 0.3) is 11.6 Å². The van der Waals surface area contributed by atoms with E-state index in [1.807, 2.05) is 43.3 Å². The number of nitro benzene ring substituents is 1. The molecule has 0 bridgehead atoms. The van der Waals surface area contributed by atoms with Gasteiger partial charge in [-0.15, -0.1) is 0 Å². The number of anilines is 1. The first-order valence-electron chi connectivity index (χ1n) is 8.27. The molecule has 8 heteroatoms. The Bertz CT molecular complexity index is 818. The highest BCUT2D eigenvalue weighted by molar-refractivity contribution is 5.81. The maximum atomic E-state index is 11.8. The van der Waals surface area contributed by atoms with Crippen molar-refractivity contribution < 1.29 is 19.2 Å². The Labute approximate surface area is 156 Å². The third-order valence-electron chi connectivity index (χ3n) is 3.83. The van der Waals surface area contributed by atoms with Crippen LogP contribution < -0.4 is 10.2 Å². The van der Waals surface area contributed by atoms with Crippen molar-refractivity contribution in [3.8, 4) is 0 Å². The molecule has 0 saturated carbocycles. The van der Waals surface area contributed by atoms with Crippen LogP contribution in [0.4, 0.5) is 11.4 Å². The van der Waals surface area contributed by atoms with E-state index in [4.69, 9.17) is 4.74 Å². The van der Waals surface area contributed by atoms with Crippen LogP contribution in [0, 0.1) is 10.1 Å². The van der Waals surface area contributed by atoms with Gasteiger partial charge in [0.1, 0.15) is 0 Å². The molecule has 0 atom stereocenters. The van der Waals surface area contributed by atoms with Crippen molar-refractivity contribution in [2.45, 2.75) is 13.0 Å². The molecule has 0 aliphatic heterocycles. The summed E-state index contributed by atoms with van der Waals surface area (Å²) in [5, 5.41) is 13.6. The Kier molecular flexibility index (Phi) is 6.87. The van der Waals surface area contributed by atoms with E-state index in [1.165, 1.54) is 18.2 Å². The quantitative estimate of drug-likeness (QED) is 0.433. The molecule has 0 spiro atoms. The number of para-hydroxylation sites is 1. The zero-order valence-electron chi connectivity index (χ0n) is 15.2. The van der Waals surface area contributed by atoms with Gasteiger partial charge >= 0.3 is 5.97 Å². The second-order valence-electron chi connectivity index (χ2n) is 6.06. The molecule has 142 valence electrons. The highest BCUT2D eigenvalue weighted by atomic mass is 16.6. The molecule has 1 amide bonds. The van der Waals surface area contributed by atoms with Crippen LogP contribution in [0.1, 0.15) is 11.1 Å². The number of amides is 1. The monoisotopic (exact) mass is 371 g/mol. The molecule has 8 nitrogen and oxygen atoms in total. The van der Waals surface area contributed by atoms with Crippen molar-refractivity contribution in [2.75, 3.05) is 25.6 Å². The molecule has 0 aliphatic carbocycles. The minimum atomic E-state index is -0.699. The van der Waals surface area contributed by atoms with Crippen molar-refractivity contribution in [3.05, 3.63) is 69.8 Å². The number of rotatable bonds is 8. The largest absolute Gasteiger partial charge is 0.455 e. The number of hydrogen-bond acceptors (Lipinski definition) is 6. The summed E-state index contributed by atoms with van der Waals surface area (Å²) >= 11 is 0. The van der Waals surface area contributed by atoms with Crippen LogP contribution in [0.15, 0.2) is 48.5 Å². The normalized spacial score (nSPS) is 10.1. The van der Waals surface area contributed by atoms with Gasteiger partial charge in [-0.1, -0.05) is 30.3 Å². The predicted molar refractivity (Wildman–Crippen MR) is 100 cm³/mol. The predicted octanol–water partition coefficient (Wildman–Crippen LogP) is 2.06. The highest BCUT2D eigenvalue weighted by Crippen LogP contribution is 2.18. The third kappa shape index (κ3) is 6.10. The molecular formula is C19H21N3O5. The number of carbonyl (C=O) groups is 2. The number of nitrogens with one attached hydrogen (secondary N) is 1. The molecule has 2 aromatic carbocycles. The zero-order valence-corrected chi connectivity index (χ0v) is 15.2. The van der Waals surface area contributed by atoms with Gasteiger partial charge in [0.05, 0.1) is 11.3 Å². The topological polar surface area (TPSA) is 102 Å². The fraction of sp³-hybridized carbons (Fsp3) is 0.263. The van der Waals surface area contributed by atoms with Gasteiger partial charge < -0.3 is 15.0 Å². The molecule has 0 fully saturated rings. The molecule has 2 rings (SSSR count). The van der Waals surface area contributed by atoms with E-state index in [-0.39, 0.29) is 17.7 Å². The number of nitro groups is 1. The number of esters is 1. The summed E-state index contributed by atoms with van der Waals surface area (Å²) in [6, 6.07) is 13.6. The molecule has 27 heavy (non-hydrogen) atoms. The number of ether oxygens (including phenoxy) is 1. The minimum Gasteiger partial charge on any atom is -0.455 e. The molecule has 0 heterocycles. The first-order chi connectivity index (χ1) is 12.9. The second kappa shape index (κ2) is 9.33. The van der Waals surface area contributed by atoms with E-state index in [0.717, 1.165) is 11.3 Å². The lowest BCUT2D eigenvalue weighted by Gasteiger charge is -2.13. The molecule has 0 saturated heterocycles. The van der Waals surface area contributed by atoms with Crippen LogP contribution in [-0.4, -0.2) is 37.5 Å². The summed E-state index contributed by atoms with van der Waals surface area (Å²) in [5.74, 6) is -1.14. The second-order valence-corrected chi connectivity index (χ2v) is 6.06. The van der Waals surface area contributed by atoms with Crippen molar-refractivity contribution in [2.24, 2.45) is 0 Å². The summed E-state index contributed by atoms with van der Waals surface area (Å²) < 4.78 is 4.90. The number of hydrogen-bond donors (Lipinski definition) is 1. The summed E-state index contributed by atoms with van der Waals surface area (Å²) in [6.45, 7) is -0.122. The Morgan fingerprint density at radius 2 is 1.78 bits per heavy atom. The first-order valence-corrected chi connectivity index (χ1v) is 8.27. The smallest absolute Gasteiger partial charge is 0.311 e. The zero-order chi connectivity index (χ0) is 19.8. The van der Waals surface area contributed by atoms with Gasteiger partial charge in [0, 0.05) is 38.0 Å². The average molecular weight is 371 g/mol. The lowest BCUT2D eigenvalue weighted by molar-refractivity contribution is -0.385. The molecule has 0 aliphatic rings. The molecule has 0 radical (unpaired) electrons. The van der Waals surface area contributed by atoms with Gasteiger partial charge in [0.2, 0.25) is 0 Å². The SMILES string of the molecule is CN(C)c1ccc(CNC(=O)COC(=O)Cc2ccccc2[N+](=O)[O-])cc1. The van der Waals surface area contributed by atoms with Gasteiger partial charge in [-0.05, 0) is 17.7 Å². The lowest BCUT2D eigenvalue weighted by Crippen LogP contribution is -2.28. The van der Waals surface area contributed by atoms with Crippen molar-refractivity contribution in [1.82, 2.24) is 5.32 Å². The van der Waals surface area contributed by atoms with Crippen LogP contribution in [0.25, 0.3) is 0 Å². The summed E-state index contributed by atoms with van der Waals surface area (Å²) in [5.41, 5.74) is 2.06. The third-order valence-corrected chi connectivity index (χ3v) is 3.83. The summed E-state index contributed by atoms with van der Waals surface area (Å²) in [4.78, 5) is 36.0. The fourth-order valence-corrected chi connectivity index (χ4v) is 2.35. The lowest BCUT2D eigenvalue weighted by atomic mass is 10.1. The Morgan fingerprint density at radius 3 is 2.41 bits per heavy atom. The van der Waals surface area contributed by atoms with Crippen LogP contribution >= 0.6 is 0 Å². The van der Waals surface area contributed by atoms with E-state index in [9.17, 15) is 19.7 Å². The Morgan fingerprint density at radius 1 is 1.11 bits per heavy atom. The van der Waals surface area contributed by atoms with Crippen molar-refractivity contribution >= 4 is 23.3 Å². The van der Waals surface area contributed by atoms with E-state index in [0.29, 0.717) is 6.54 Å². The molecule has 1 N–H and O–H groups in total. The average Bonchev–Trinajstić information content (AvgIpc) is 2.65. The number of benzene rings is 2. The van der Waals surface area contributed by atoms with E-state index in [2.05, 4.69) is 5.32 Å². The van der Waals surface area contributed by atoms with Crippen LogP contribution in [0.5, 0.6) is 0 Å². The Hall–Kier alpha value is -3.42. The van der Waals surface area contributed by atoms with Crippen molar-refractivity contribution in [1.29, 1.82) is 0 Å². The van der Waals surface area contributed by atoms with Gasteiger partial charge in [0.15, 0.2) is 6.61 Å². The van der Waals surface area contributed by atoms with Crippen LogP contribution in [0.3, 0.4) is 0 Å². The van der Waals surface area contributed by atoms with E-state index >= 15 is 0 Å².